The van der Waals surface area contributed by atoms with Crippen molar-refractivity contribution in [2.75, 3.05) is 33.4 Å². The molecule has 2 aromatic rings. The van der Waals surface area contributed by atoms with Crippen LogP contribution in [0.2, 0.25) is 0 Å². The molecule has 4 heteroatoms. The van der Waals surface area contributed by atoms with Crippen LogP contribution in [0.15, 0.2) is 48.5 Å². The van der Waals surface area contributed by atoms with Crippen molar-refractivity contribution in [2.45, 2.75) is 39.2 Å². The zero-order valence-corrected chi connectivity index (χ0v) is 17.2. The van der Waals surface area contributed by atoms with Gasteiger partial charge in [0.1, 0.15) is 24.2 Å². The molecule has 2 aromatic carbocycles. The first-order chi connectivity index (χ1) is 12.9. The monoisotopic (exact) mass is 371 g/mol. The van der Waals surface area contributed by atoms with Gasteiger partial charge in [-0.15, -0.1) is 0 Å². The van der Waals surface area contributed by atoms with Crippen LogP contribution in [0.3, 0.4) is 0 Å². The second-order valence-electron chi connectivity index (χ2n) is 7.33. The molecule has 0 aliphatic rings. The van der Waals surface area contributed by atoms with Crippen molar-refractivity contribution in [3.63, 3.8) is 0 Å². The number of likely N-dealkylation sites (N-methyl/N-ethyl adjacent to an activating group) is 1. The average molecular weight is 372 g/mol. The molecule has 1 atom stereocenters. The Labute approximate surface area is 163 Å². The summed E-state index contributed by atoms with van der Waals surface area (Å²) in [4.78, 5) is 2.19. The number of hydrogen-bond donors (Lipinski definition) is 1. The third-order valence-electron chi connectivity index (χ3n) is 5.19. The van der Waals surface area contributed by atoms with Gasteiger partial charge >= 0.3 is 0 Å². The molecule has 0 amide bonds. The lowest BCUT2D eigenvalue weighted by molar-refractivity contribution is 0.0716. The summed E-state index contributed by atoms with van der Waals surface area (Å²) < 4.78 is 11.0. The Balaban J connectivity index is 1.99. The SMILES string of the molecule is CCN(CC)CC(O)COc1ccc(C(C)(C)c2ccc(OC)cc2)cc1. The summed E-state index contributed by atoms with van der Waals surface area (Å²) >= 11 is 0. The molecule has 0 fully saturated rings. The van der Waals surface area contributed by atoms with Gasteiger partial charge in [0.2, 0.25) is 0 Å². The van der Waals surface area contributed by atoms with Gasteiger partial charge in [-0.3, -0.25) is 0 Å². The fourth-order valence-corrected chi connectivity index (χ4v) is 3.17. The molecule has 4 nitrogen and oxygen atoms in total. The number of aliphatic hydroxyl groups excluding tert-OH is 1. The maximum Gasteiger partial charge on any atom is 0.119 e. The summed E-state index contributed by atoms with van der Waals surface area (Å²) in [6.45, 7) is 11.4. The van der Waals surface area contributed by atoms with E-state index in [4.69, 9.17) is 9.47 Å². The van der Waals surface area contributed by atoms with Gasteiger partial charge in [-0.1, -0.05) is 52.0 Å². The molecule has 1 N–H and O–H groups in total. The number of nitrogens with zero attached hydrogens (tertiary/aromatic N) is 1. The molecule has 0 spiro atoms. The Bertz CT molecular complexity index is 676. The number of methoxy groups -OCH3 is 1. The Hall–Kier alpha value is -2.04. The first kappa shape index (κ1) is 21.3. The van der Waals surface area contributed by atoms with Crippen molar-refractivity contribution in [1.82, 2.24) is 4.90 Å². The van der Waals surface area contributed by atoms with Gasteiger partial charge in [0.15, 0.2) is 0 Å². The highest BCUT2D eigenvalue weighted by atomic mass is 16.5. The topological polar surface area (TPSA) is 41.9 Å². The van der Waals surface area contributed by atoms with Crippen LogP contribution in [0.25, 0.3) is 0 Å². The lowest BCUT2D eigenvalue weighted by Gasteiger charge is -2.26. The molecule has 1 unspecified atom stereocenters. The van der Waals surface area contributed by atoms with E-state index < -0.39 is 6.10 Å². The second kappa shape index (κ2) is 9.77. The van der Waals surface area contributed by atoms with E-state index in [1.165, 1.54) is 11.1 Å². The highest BCUT2D eigenvalue weighted by molar-refractivity contribution is 5.41. The summed E-state index contributed by atoms with van der Waals surface area (Å²) in [5.41, 5.74) is 2.32. The van der Waals surface area contributed by atoms with Crippen LogP contribution in [0.4, 0.5) is 0 Å². The first-order valence-corrected chi connectivity index (χ1v) is 9.69. The lowest BCUT2D eigenvalue weighted by atomic mass is 9.78. The fraction of sp³-hybridized carbons (Fsp3) is 0.478. The first-order valence-electron chi connectivity index (χ1n) is 9.69. The van der Waals surface area contributed by atoms with Gasteiger partial charge in [0, 0.05) is 12.0 Å². The molecule has 0 aliphatic carbocycles. The molecule has 27 heavy (non-hydrogen) atoms. The van der Waals surface area contributed by atoms with Crippen LogP contribution in [0, 0.1) is 0 Å². The van der Waals surface area contributed by atoms with Crippen molar-refractivity contribution in [2.24, 2.45) is 0 Å². The van der Waals surface area contributed by atoms with Gasteiger partial charge in [-0.2, -0.15) is 0 Å². The molecule has 0 saturated heterocycles. The maximum absolute atomic E-state index is 10.1. The zero-order valence-electron chi connectivity index (χ0n) is 17.2. The van der Waals surface area contributed by atoms with E-state index in [0.29, 0.717) is 13.2 Å². The summed E-state index contributed by atoms with van der Waals surface area (Å²) in [6.07, 6.45) is -0.486. The molecule has 0 heterocycles. The van der Waals surface area contributed by atoms with Crippen LogP contribution < -0.4 is 9.47 Å². The van der Waals surface area contributed by atoms with E-state index in [-0.39, 0.29) is 5.41 Å². The van der Waals surface area contributed by atoms with Gasteiger partial charge in [-0.05, 0) is 48.5 Å². The van der Waals surface area contributed by atoms with Crippen LogP contribution in [0.1, 0.15) is 38.8 Å². The summed E-state index contributed by atoms with van der Waals surface area (Å²) in [7, 11) is 1.68. The summed E-state index contributed by atoms with van der Waals surface area (Å²) in [6, 6.07) is 16.3. The van der Waals surface area contributed by atoms with Gasteiger partial charge < -0.3 is 19.5 Å². The smallest absolute Gasteiger partial charge is 0.119 e. The molecule has 148 valence electrons. The largest absolute Gasteiger partial charge is 0.497 e. The number of ether oxygens (including phenoxy) is 2. The van der Waals surface area contributed by atoms with E-state index in [2.05, 4.69) is 56.9 Å². The Morgan fingerprint density at radius 1 is 0.889 bits per heavy atom. The molecule has 0 bridgehead atoms. The Kier molecular flexibility index (Phi) is 7.69. The fourth-order valence-electron chi connectivity index (χ4n) is 3.17. The predicted molar refractivity (Wildman–Crippen MR) is 111 cm³/mol. The number of rotatable bonds is 10. The highest BCUT2D eigenvalue weighted by Gasteiger charge is 2.23. The maximum atomic E-state index is 10.1. The van der Waals surface area contributed by atoms with Crippen molar-refractivity contribution >= 4 is 0 Å². The summed E-state index contributed by atoms with van der Waals surface area (Å²) in [5.74, 6) is 1.64. The predicted octanol–water partition coefficient (Wildman–Crippen LogP) is 4.10. The number of aliphatic hydroxyl groups is 1. The molecule has 0 radical (unpaired) electrons. The molecule has 2 rings (SSSR count). The molecular weight excluding hydrogens is 338 g/mol. The third kappa shape index (κ3) is 5.72. The molecular formula is C23H33NO3. The minimum atomic E-state index is -0.486. The Morgan fingerprint density at radius 2 is 1.37 bits per heavy atom. The normalized spacial score (nSPS) is 12.9. The van der Waals surface area contributed by atoms with Crippen LogP contribution in [-0.2, 0) is 5.41 Å². The van der Waals surface area contributed by atoms with Gasteiger partial charge in [-0.25, -0.2) is 0 Å². The number of benzene rings is 2. The van der Waals surface area contributed by atoms with Crippen LogP contribution in [-0.4, -0.2) is 49.5 Å². The van der Waals surface area contributed by atoms with Gasteiger partial charge in [0.05, 0.1) is 7.11 Å². The minimum absolute atomic E-state index is 0.118. The molecule has 0 saturated carbocycles. The minimum Gasteiger partial charge on any atom is -0.497 e. The molecule has 0 aromatic heterocycles. The standard InChI is InChI=1S/C23H33NO3/c1-6-24(7-2)16-20(25)17-27-22-14-10-19(11-15-22)23(3,4)18-8-12-21(26-5)13-9-18/h8-15,20,25H,6-7,16-17H2,1-5H3. The van der Waals surface area contributed by atoms with Crippen molar-refractivity contribution < 1.29 is 14.6 Å². The highest BCUT2D eigenvalue weighted by Crippen LogP contribution is 2.33. The zero-order chi connectivity index (χ0) is 19.9. The van der Waals surface area contributed by atoms with E-state index in [1.807, 2.05) is 24.3 Å². The van der Waals surface area contributed by atoms with E-state index in [0.717, 1.165) is 24.6 Å². The second-order valence-corrected chi connectivity index (χ2v) is 7.33. The average Bonchev–Trinajstić information content (AvgIpc) is 2.70. The van der Waals surface area contributed by atoms with Crippen LogP contribution >= 0.6 is 0 Å². The van der Waals surface area contributed by atoms with Crippen LogP contribution in [0.5, 0.6) is 11.5 Å². The number of hydrogen-bond acceptors (Lipinski definition) is 4. The van der Waals surface area contributed by atoms with Crippen molar-refractivity contribution in [1.29, 1.82) is 0 Å². The van der Waals surface area contributed by atoms with E-state index >= 15 is 0 Å². The quantitative estimate of drug-likeness (QED) is 0.683. The van der Waals surface area contributed by atoms with E-state index in [1.54, 1.807) is 7.11 Å². The van der Waals surface area contributed by atoms with Crippen molar-refractivity contribution in [3.8, 4) is 11.5 Å². The van der Waals surface area contributed by atoms with E-state index in [9.17, 15) is 5.11 Å². The van der Waals surface area contributed by atoms with Gasteiger partial charge in [0.25, 0.3) is 0 Å². The Morgan fingerprint density at radius 3 is 1.81 bits per heavy atom. The van der Waals surface area contributed by atoms with Crippen molar-refractivity contribution in [3.05, 3.63) is 59.7 Å². The lowest BCUT2D eigenvalue weighted by Crippen LogP contribution is -2.35. The third-order valence-corrected chi connectivity index (χ3v) is 5.19. The molecule has 0 aliphatic heterocycles. The summed E-state index contributed by atoms with van der Waals surface area (Å²) in [5, 5.41) is 10.1.